The van der Waals surface area contributed by atoms with Crippen molar-refractivity contribution < 1.29 is 10.0 Å². The summed E-state index contributed by atoms with van der Waals surface area (Å²) in [7, 11) is 0. The first-order chi connectivity index (χ1) is 6.11. The third-order valence-electron chi connectivity index (χ3n) is 1.33. The van der Waals surface area contributed by atoms with Gasteiger partial charge in [0.15, 0.2) is 0 Å². The van der Waals surface area contributed by atoms with E-state index >= 15 is 0 Å². The number of rotatable bonds is 4. The van der Waals surface area contributed by atoms with Crippen molar-refractivity contribution in [3.05, 3.63) is 45.9 Å². The van der Waals surface area contributed by atoms with Crippen LogP contribution in [-0.4, -0.2) is 10.0 Å². The third kappa shape index (κ3) is 4.79. The van der Waals surface area contributed by atoms with E-state index in [-0.39, 0.29) is 11.5 Å². The van der Waals surface area contributed by atoms with E-state index in [1.807, 2.05) is 6.92 Å². The Bertz CT molecular complexity index is 264. The van der Waals surface area contributed by atoms with E-state index in [9.17, 15) is 10.1 Å². The smallest absolute Gasteiger partial charge is 0.272 e. The van der Waals surface area contributed by atoms with Gasteiger partial charge in [-0.2, -0.15) is 0 Å². The quantitative estimate of drug-likeness (QED) is 0.315. The minimum absolute atomic E-state index is 0.104. The summed E-state index contributed by atoms with van der Waals surface area (Å²) in [5.74, 6) is -0.104. The normalized spacial score (nSPS) is 13.7. The van der Waals surface area contributed by atoms with Gasteiger partial charge in [-0.25, -0.2) is 0 Å². The van der Waals surface area contributed by atoms with Crippen LogP contribution in [0.4, 0.5) is 0 Å². The molecule has 0 rings (SSSR count). The first-order valence-corrected chi connectivity index (χ1v) is 3.99. The maximum atomic E-state index is 10.4. The zero-order valence-electron chi connectivity index (χ0n) is 7.73. The van der Waals surface area contributed by atoms with E-state index in [1.165, 1.54) is 12.2 Å². The molecule has 0 saturated carbocycles. The molecule has 0 atom stereocenters. The molecule has 0 aliphatic heterocycles. The number of hydrogen-bond acceptors (Lipinski definition) is 3. The Morgan fingerprint density at radius 3 is 2.62 bits per heavy atom. The number of hydrogen-bond donors (Lipinski definition) is 1. The van der Waals surface area contributed by atoms with Crippen molar-refractivity contribution in [2.24, 2.45) is 0 Å². The van der Waals surface area contributed by atoms with Crippen LogP contribution in [0.2, 0.25) is 0 Å². The monoisotopic (exact) mass is 183 g/mol. The molecular weight excluding hydrogens is 170 g/mol. The third-order valence-corrected chi connectivity index (χ3v) is 1.33. The average molecular weight is 183 g/mol. The molecular formula is C9H13NO3. The van der Waals surface area contributed by atoms with Crippen LogP contribution in [0.1, 0.15) is 20.3 Å². The van der Waals surface area contributed by atoms with Crippen LogP contribution in [0.5, 0.6) is 0 Å². The van der Waals surface area contributed by atoms with E-state index in [1.54, 1.807) is 13.0 Å². The first kappa shape index (κ1) is 11.4. The Hall–Kier alpha value is -1.58. The highest BCUT2D eigenvalue weighted by molar-refractivity contribution is 5.20. The minimum atomic E-state index is -0.536. The summed E-state index contributed by atoms with van der Waals surface area (Å²) in [6, 6.07) is 0. The number of aliphatic hydroxyl groups excluding tert-OH is 1. The molecule has 4 nitrogen and oxygen atoms in total. The summed E-state index contributed by atoms with van der Waals surface area (Å²) in [5, 5.41) is 19.4. The number of allylic oxidation sites excluding steroid dienone is 4. The van der Waals surface area contributed by atoms with Crippen LogP contribution < -0.4 is 0 Å². The predicted octanol–water partition coefficient (Wildman–Crippen LogP) is 2.58. The lowest BCUT2D eigenvalue weighted by Gasteiger charge is -1.91. The van der Waals surface area contributed by atoms with Crippen LogP contribution in [0, 0.1) is 10.1 Å². The van der Waals surface area contributed by atoms with Gasteiger partial charge in [-0.05, 0) is 19.4 Å². The highest BCUT2D eigenvalue weighted by Gasteiger charge is 2.05. The Labute approximate surface area is 77.0 Å². The molecule has 0 amide bonds. The maximum Gasteiger partial charge on any atom is 0.272 e. The number of nitrogens with zero attached hydrogens (tertiary/aromatic N) is 1. The summed E-state index contributed by atoms with van der Waals surface area (Å²) in [6.45, 7) is 3.48. The largest absolute Gasteiger partial charge is 0.508 e. The van der Waals surface area contributed by atoms with Crippen LogP contribution in [-0.2, 0) is 0 Å². The lowest BCUT2D eigenvalue weighted by Crippen LogP contribution is -1.96. The van der Waals surface area contributed by atoms with Crippen LogP contribution in [0.15, 0.2) is 35.8 Å². The molecule has 13 heavy (non-hydrogen) atoms. The summed E-state index contributed by atoms with van der Waals surface area (Å²) < 4.78 is 0. The maximum absolute atomic E-state index is 10.4. The van der Waals surface area contributed by atoms with E-state index in [4.69, 9.17) is 5.11 Å². The summed E-state index contributed by atoms with van der Waals surface area (Å²) in [6.07, 6.45) is 6.27. The minimum Gasteiger partial charge on any atom is -0.508 e. The Morgan fingerprint density at radius 1 is 1.62 bits per heavy atom. The van der Waals surface area contributed by atoms with Crippen molar-refractivity contribution in [1.82, 2.24) is 0 Å². The fraction of sp³-hybridized carbons (Fsp3) is 0.333. The predicted molar refractivity (Wildman–Crippen MR) is 50.9 cm³/mol. The van der Waals surface area contributed by atoms with Gasteiger partial charge in [-0.15, -0.1) is 0 Å². The Kier molecular flexibility index (Phi) is 5.27. The molecule has 0 radical (unpaired) electrons. The van der Waals surface area contributed by atoms with Gasteiger partial charge >= 0.3 is 0 Å². The van der Waals surface area contributed by atoms with Crippen molar-refractivity contribution in [2.45, 2.75) is 20.3 Å². The van der Waals surface area contributed by atoms with Gasteiger partial charge in [0.25, 0.3) is 5.70 Å². The lowest BCUT2D eigenvalue weighted by atomic mass is 10.3. The van der Waals surface area contributed by atoms with E-state index in [0.717, 1.165) is 12.5 Å². The van der Waals surface area contributed by atoms with Crippen LogP contribution >= 0.6 is 0 Å². The van der Waals surface area contributed by atoms with Crippen molar-refractivity contribution in [3.63, 3.8) is 0 Å². The van der Waals surface area contributed by atoms with Gasteiger partial charge in [0.2, 0.25) is 0 Å². The fourth-order valence-electron chi connectivity index (χ4n) is 0.635. The van der Waals surface area contributed by atoms with Gasteiger partial charge in [0.1, 0.15) is 5.76 Å². The van der Waals surface area contributed by atoms with Gasteiger partial charge < -0.3 is 5.11 Å². The Morgan fingerprint density at radius 2 is 2.23 bits per heavy atom. The molecule has 72 valence electrons. The van der Waals surface area contributed by atoms with Crippen molar-refractivity contribution >= 4 is 0 Å². The second kappa shape index (κ2) is 5.99. The molecule has 1 N–H and O–H groups in total. The van der Waals surface area contributed by atoms with Gasteiger partial charge in [-0.3, -0.25) is 10.1 Å². The topological polar surface area (TPSA) is 63.4 Å². The molecule has 0 aliphatic carbocycles. The summed E-state index contributed by atoms with van der Waals surface area (Å²) in [5.41, 5.74) is -0.113. The Balaban J connectivity index is 4.71. The zero-order valence-corrected chi connectivity index (χ0v) is 7.73. The SMILES string of the molecule is C/C=C(O)\C=C(/C=CCC)[N+](=O)[O-]. The molecule has 0 heterocycles. The molecule has 0 aliphatic rings. The molecule has 0 saturated heterocycles. The van der Waals surface area contributed by atoms with Gasteiger partial charge in [0, 0.05) is 6.08 Å². The van der Waals surface area contributed by atoms with E-state index in [0.29, 0.717) is 0 Å². The second-order valence-corrected chi connectivity index (χ2v) is 2.35. The van der Waals surface area contributed by atoms with E-state index in [2.05, 4.69) is 0 Å². The molecule has 0 fully saturated rings. The summed E-state index contributed by atoms with van der Waals surface area (Å²) in [4.78, 5) is 9.87. The summed E-state index contributed by atoms with van der Waals surface area (Å²) >= 11 is 0. The zero-order chi connectivity index (χ0) is 10.3. The van der Waals surface area contributed by atoms with E-state index < -0.39 is 4.92 Å². The highest BCUT2D eigenvalue weighted by atomic mass is 16.6. The fourth-order valence-corrected chi connectivity index (χ4v) is 0.635. The number of nitro groups is 1. The van der Waals surface area contributed by atoms with Crippen LogP contribution in [0.25, 0.3) is 0 Å². The average Bonchev–Trinajstić information content (AvgIpc) is 2.11. The molecule has 0 aromatic carbocycles. The first-order valence-electron chi connectivity index (χ1n) is 3.99. The molecule has 0 aromatic heterocycles. The van der Waals surface area contributed by atoms with Crippen molar-refractivity contribution in [1.29, 1.82) is 0 Å². The van der Waals surface area contributed by atoms with Crippen molar-refractivity contribution in [3.8, 4) is 0 Å². The molecule has 0 unspecified atom stereocenters. The standard InChI is InChI=1S/C9H13NO3/c1-3-5-6-8(10(12)13)7-9(11)4-2/h4-7,11H,3H2,1-2H3/b6-5?,8-7+,9-4+. The molecule has 4 heteroatoms. The molecule has 0 aromatic rings. The molecule has 0 spiro atoms. The molecule has 0 bridgehead atoms. The number of aliphatic hydroxyl groups is 1. The second-order valence-electron chi connectivity index (χ2n) is 2.35. The van der Waals surface area contributed by atoms with Crippen LogP contribution in [0.3, 0.4) is 0 Å². The highest BCUT2D eigenvalue weighted by Crippen LogP contribution is 2.03. The lowest BCUT2D eigenvalue weighted by molar-refractivity contribution is -0.419. The van der Waals surface area contributed by atoms with Crippen molar-refractivity contribution in [2.75, 3.05) is 0 Å². The van der Waals surface area contributed by atoms with Gasteiger partial charge in [-0.1, -0.05) is 13.0 Å². The van der Waals surface area contributed by atoms with Gasteiger partial charge in [0.05, 0.1) is 11.0 Å².